The van der Waals surface area contributed by atoms with Gasteiger partial charge in [-0.25, -0.2) is 0 Å². The van der Waals surface area contributed by atoms with Crippen LogP contribution < -0.4 is 5.32 Å². The van der Waals surface area contributed by atoms with E-state index in [0.29, 0.717) is 22.2 Å². The van der Waals surface area contributed by atoms with E-state index >= 15 is 0 Å². The maximum Gasteiger partial charge on any atom is 0.251 e. The molecule has 1 amide bonds. The Morgan fingerprint density at radius 2 is 1.66 bits per heavy atom. The monoisotopic (exact) mass is 484 g/mol. The van der Waals surface area contributed by atoms with E-state index < -0.39 is 0 Å². The minimum atomic E-state index is -0.0418. The second-order valence-corrected chi connectivity index (χ2v) is 9.85. The third-order valence-corrected chi connectivity index (χ3v) is 7.37. The van der Waals surface area contributed by atoms with Gasteiger partial charge in [-0.15, -0.1) is 0 Å². The summed E-state index contributed by atoms with van der Waals surface area (Å²) in [5.41, 5.74) is 5.75. The fourth-order valence-electron chi connectivity index (χ4n) is 3.89. The highest BCUT2D eigenvalue weighted by atomic mass is 35.5. The van der Waals surface area contributed by atoms with Gasteiger partial charge in [0.25, 0.3) is 5.91 Å². The second kappa shape index (κ2) is 11.2. The molecular weight excluding hydrogens is 459 g/mol. The lowest BCUT2D eigenvalue weighted by Crippen LogP contribution is -2.30. The summed E-state index contributed by atoms with van der Waals surface area (Å²) in [4.78, 5) is 14.9. The van der Waals surface area contributed by atoms with Crippen LogP contribution in [0.3, 0.4) is 0 Å². The third-order valence-electron chi connectivity index (χ3n) is 5.67. The van der Waals surface area contributed by atoms with Crippen molar-refractivity contribution in [2.24, 2.45) is 0 Å². The fraction of sp³-hybridized carbons (Fsp3) is 0.269. The quantitative estimate of drug-likeness (QED) is 0.385. The van der Waals surface area contributed by atoms with Gasteiger partial charge in [-0.05, 0) is 52.9 Å². The minimum absolute atomic E-state index is 0.0418. The zero-order valence-corrected chi connectivity index (χ0v) is 20.1. The smallest absolute Gasteiger partial charge is 0.251 e. The van der Waals surface area contributed by atoms with E-state index in [1.54, 1.807) is 11.8 Å². The predicted octanol–water partition coefficient (Wildman–Crippen LogP) is 6.21. The average molecular weight is 485 g/mol. The lowest BCUT2D eigenvalue weighted by atomic mass is 9.99. The number of halogens is 2. The van der Waals surface area contributed by atoms with Gasteiger partial charge in [-0.3, -0.25) is 9.69 Å². The number of fused-ring (bicyclic) bond motifs is 1. The number of carbonyl (C=O) groups is 1. The molecule has 0 bridgehead atoms. The molecule has 0 radical (unpaired) electrons. The molecule has 32 heavy (non-hydrogen) atoms. The Labute approximate surface area is 204 Å². The average Bonchev–Trinajstić information content (AvgIpc) is 2.81. The fourth-order valence-corrected chi connectivity index (χ4v) is 5.49. The number of rotatable bonds is 8. The highest BCUT2D eigenvalue weighted by molar-refractivity contribution is 7.98. The summed E-state index contributed by atoms with van der Waals surface area (Å²) < 4.78 is 0. The Balaban J connectivity index is 1.20. The van der Waals surface area contributed by atoms with Crippen LogP contribution in [0.15, 0.2) is 66.7 Å². The highest BCUT2D eigenvalue weighted by Gasteiger charge is 2.16. The first kappa shape index (κ1) is 23.2. The van der Waals surface area contributed by atoms with Crippen molar-refractivity contribution in [1.82, 2.24) is 10.2 Å². The van der Waals surface area contributed by atoms with Crippen molar-refractivity contribution in [1.29, 1.82) is 0 Å². The van der Waals surface area contributed by atoms with Crippen molar-refractivity contribution < 1.29 is 4.79 Å². The molecule has 0 spiro atoms. The van der Waals surface area contributed by atoms with Crippen LogP contribution in [0.25, 0.3) is 0 Å². The topological polar surface area (TPSA) is 32.3 Å². The van der Waals surface area contributed by atoms with Gasteiger partial charge in [0.05, 0.1) is 0 Å². The Bertz CT molecular complexity index is 1050. The molecule has 0 saturated heterocycles. The molecule has 166 valence electrons. The Morgan fingerprint density at radius 3 is 2.41 bits per heavy atom. The van der Waals surface area contributed by atoms with Gasteiger partial charge in [0, 0.05) is 53.3 Å². The molecule has 1 aliphatic heterocycles. The number of benzene rings is 3. The van der Waals surface area contributed by atoms with E-state index in [1.807, 2.05) is 30.3 Å². The molecule has 0 aromatic heterocycles. The molecule has 1 heterocycles. The van der Waals surface area contributed by atoms with E-state index in [1.165, 1.54) is 16.7 Å². The largest absolute Gasteiger partial charge is 0.351 e. The minimum Gasteiger partial charge on any atom is -0.351 e. The van der Waals surface area contributed by atoms with E-state index in [4.69, 9.17) is 23.2 Å². The first-order valence-electron chi connectivity index (χ1n) is 10.8. The van der Waals surface area contributed by atoms with Crippen LogP contribution in [0, 0.1) is 0 Å². The van der Waals surface area contributed by atoms with Crippen LogP contribution in [-0.4, -0.2) is 29.6 Å². The number of carbonyl (C=O) groups excluding carboxylic acids is 1. The van der Waals surface area contributed by atoms with E-state index in [0.717, 1.165) is 43.1 Å². The number of hydrogen-bond donors (Lipinski definition) is 1. The van der Waals surface area contributed by atoms with Crippen molar-refractivity contribution >= 4 is 40.9 Å². The van der Waals surface area contributed by atoms with Gasteiger partial charge >= 0.3 is 0 Å². The van der Waals surface area contributed by atoms with Crippen molar-refractivity contribution in [2.45, 2.75) is 25.3 Å². The molecule has 0 atom stereocenters. The zero-order valence-electron chi connectivity index (χ0n) is 17.8. The molecule has 6 heteroatoms. The number of nitrogens with one attached hydrogen (secondary N) is 1. The number of hydrogen-bond acceptors (Lipinski definition) is 3. The van der Waals surface area contributed by atoms with Crippen molar-refractivity contribution in [2.75, 3.05) is 18.8 Å². The number of thioether (sulfide) groups is 1. The van der Waals surface area contributed by atoms with Gasteiger partial charge < -0.3 is 5.32 Å². The van der Waals surface area contributed by atoms with Crippen LogP contribution in [0.5, 0.6) is 0 Å². The molecule has 1 N–H and O–H groups in total. The molecule has 3 aromatic carbocycles. The van der Waals surface area contributed by atoms with Crippen LogP contribution >= 0.6 is 35.0 Å². The van der Waals surface area contributed by atoms with Crippen molar-refractivity contribution in [3.05, 3.63) is 105 Å². The summed E-state index contributed by atoms with van der Waals surface area (Å²) in [6.45, 7) is 3.55. The molecule has 0 aliphatic carbocycles. The Kier molecular flexibility index (Phi) is 8.15. The van der Waals surface area contributed by atoms with E-state index in [9.17, 15) is 4.79 Å². The van der Waals surface area contributed by atoms with E-state index in [2.05, 4.69) is 46.6 Å². The third kappa shape index (κ3) is 6.08. The molecule has 3 nitrogen and oxygen atoms in total. The lowest BCUT2D eigenvalue weighted by Gasteiger charge is -2.28. The maximum atomic E-state index is 12.5. The zero-order chi connectivity index (χ0) is 22.3. The summed E-state index contributed by atoms with van der Waals surface area (Å²) >= 11 is 14.1. The Morgan fingerprint density at radius 1 is 0.938 bits per heavy atom. The van der Waals surface area contributed by atoms with Crippen molar-refractivity contribution in [3.63, 3.8) is 0 Å². The van der Waals surface area contributed by atoms with Crippen molar-refractivity contribution in [3.8, 4) is 0 Å². The summed E-state index contributed by atoms with van der Waals surface area (Å²) in [7, 11) is 0. The van der Waals surface area contributed by atoms with Gasteiger partial charge in [0.2, 0.25) is 0 Å². The lowest BCUT2D eigenvalue weighted by molar-refractivity contribution is 0.0956. The molecule has 0 fully saturated rings. The summed E-state index contributed by atoms with van der Waals surface area (Å²) in [5.74, 6) is 1.48. The summed E-state index contributed by atoms with van der Waals surface area (Å²) in [5, 5.41) is 4.36. The highest BCUT2D eigenvalue weighted by Crippen LogP contribution is 2.28. The molecule has 1 aliphatic rings. The standard InChI is InChI=1S/C26H26Cl2N2OS/c27-24-6-3-7-25(28)23(24)18-32-15-13-29-26(31)21-10-8-19(9-11-21)16-30-14-12-20-4-1-2-5-22(20)17-30/h1-11H,12-18H2,(H,29,31). The Hall–Kier alpha value is -1.98. The van der Waals surface area contributed by atoms with Gasteiger partial charge in [0.1, 0.15) is 0 Å². The predicted molar refractivity (Wildman–Crippen MR) is 136 cm³/mol. The molecule has 4 rings (SSSR count). The maximum absolute atomic E-state index is 12.5. The molecule has 0 saturated carbocycles. The molecule has 0 unspecified atom stereocenters. The number of nitrogens with zero attached hydrogens (tertiary/aromatic N) is 1. The number of amides is 1. The van der Waals surface area contributed by atoms with Crippen LogP contribution in [-0.2, 0) is 25.3 Å². The van der Waals surface area contributed by atoms with Crippen LogP contribution in [0.4, 0.5) is 0 Å². The summed E-state index contributed by atoms with van der Waals surface area (Å²) in [6, 6.07) is 22.2. The first-order chi connectivity index (χ1) is 15.6. The molecular formula is C26H26Cl2N2OS. The van der Waals surface area contributed by atoms with E-state index in [-0.39, 0.29) is 5.91 Å². The molecule has 3 aromatic rings. The normalized spacial score (nSPS) is 13.6. The SMILES string of the molecule is O=C(NCCSCc1c(Cl)cccc1Cl)c1ccc(CN2CCc3ccccc3C2)cc1. The second-order valence-electron chi connectivity index (χ2n) is 7.93. The van der Waals surface area contributed by atoms with Gasteiger partial charge in [-0.1, -0.05) is 65.7 Å². The summed E-state index contributed by atoms with van der Waals surface area (Å²) in [6.07, 6.45) is 1.09. The first-order valence-corrected chi connectivity index (χ1v) is 12.7. The van der Waals surface area contributed by atoms with Crippen LogP contribution in [0.1, 0.15) is 32.6 Å². The van der Waals surface area contributed by atoms with Crippen LogP contribution in [0.2, 0.25) is 10.0 Å². The van der Waals surface area contributed by atoms with Gasteiger partial charge in [0.15, 0.2) is 0 Å². The van der Waals surface area contributed by atoms with Gasteiger partial charge in [-0.2, -0.15) is 11.8 Å².